The third-order valence-electron chi connectivity index (χ3n) is 3.64. The molecule has 0 saturated heterocycles. The molecular weight excluding hydrogens is 305 g/mol. The molecule has 2 aromatic carbocycles. The molecule has 0 amide bonds. The lowest BCUT2D eigenvalue weighted by atomic mass is 9.88. The molecule has 0 heterocycles. The summed E-state index contributed by atoms with van der Waals surface area (Å²) in [7, 11) is 0. The number of halogens is 2. The largest absolute Gasteiger partial charge is 0.382 e. The van der Waals surface area contributed by atoms with E-state index in [1.807, 2.05) is 6.07 Å². The molecule has 0 aliphatic heterocycles. The Morgan fingerprint density at radius 1 is 1.11 bits per heavy atom. The zero-order chi connectivity index (χ0) is 13.2. The smallest absolute Gasteiger partial charge is 0.139 e. The fourth-order valence-electron chi connectivity index (χ4n) is 2.64. The molecule has 0 aromatic heterocycles. The summed E-state index contributed by atoms with van der Waals surface area (Å²) in [5, 5.41) is 3.43. The lowest BCUT2D eigenvalue weighted by molar-refractivity contribution is 0.605. The second-order valence-electron chi connectivity index (χ2n) is 4.98. The molecule has 1 nitrogen and oxygen atoms in total. The van der Waals surface area contributed by atoms with E-state index in [0.717, 1.165) is 24.9 Å². The summed E-state index contributed by atoms with van der Waals surface area (Å²) in [6.45, 7) is 0. The highest BCUT2D eigenvalue weighted by Crippen LogP contribution is 2.25. The number of nitrogens with one attached hydrogen (secondary N) is 1. The van der Waals surface area contributed by atoms with E-state index in [1.54, 1.807) is 12.1 Å². The van der Waals surface area contributed by atoms with E-state index in [4.69, 9.17) is 0 Å². The van der Waals surface area contributed by atoms with Crippen LogP contribution in [0.2, 0.25) is 0 Å². The summed E-state index contributed by atoms with van der Waals surface area (Å²) in [5.74, 6) is -0.221. The average molecular weight is 320 g/mol. The molecule has 2 aromatic rings. The molecule has 1 unspecified atom stereocenters. The first-order valence-corrected chi connectivity index (χ1v) is 7.30. The van der Waals surface area contributed by atoms with Gasteiger partial charge in [-0.25, -0.2) is 4.39 Å². The van der Waals surface area contributed by atoms with Gasteiger partial charge in [0, 0.05) is 11.7 Å². The highest BCUT2D eigenvalue weighted by atomic mass is 79.9. The zero-order valence-electron chi connectivity index (χ0n) is 10.5. The van der Waals surface area contributed by atoms with E-state index >= 15 is 0 Å². The molecular formula is C16H15BrFN. The van der Waals surface area contributed by atoms with Gasteiger partial charge in [-0.2, -0.15) is 0 Å². The molecule has 3 rings (SSSR count). The molecule has 0 spiro atoms. The Morgan fingerprint density at radius 3 is 2.68 bits per heavy atom. The first-order chi connectivity index (χ1) is 9.22. The molecule has 0 fully saturated rings. The van der Waals surface area contributed by atoms with Crippen molar-refractivity contribution in [2.45, 2.75) is 25.3 Å². The third kappa shape index (κ3) is 2.81. The van der Waals surface area contributed by atoms with Crippen LogP contribution in [-0.4, -0.2) is 6.04 Å². The van der Waals surface area contributed by atoms with Gasteiger partial charge in [0.05, 0.1) is 4.47 Å². The molecule has 98 valence electrons. The summed E-state index contributed by atoms with van der Waals surface area (Å²) in [6, 6.07) is 14.1. The predicted molar refractivity (Wildman–Crippen MR) is 80.0 cm³/mol. The Bertz CT molecular complexity index is 597. The predicted octanol–water partition coefficient (Wildman–Crippen LogP) is 4.56. The first kappa shape index (κ1) is 12.7. The van der Waals surface area contributed by atoms with Crippen LogP contribution >= 0.6 is 15.9 Å². The third-order valence-corrected chi connectivity index (χ3v) is 4.28. The van der Waals surface area contributed by atoms with Gasteiger partial charge in [0.15, 0.2) is 0 Å². The number of fused-ring (bicyclic) bond motifs is 1. The van der Waals surface area contributed by atoms with Gasteiger partial charge in [-0.3, -0.25) is 0 Å². The summed E-state index contributed by atoms with van der Waals surface area (Å²) in [6.07, 6.45) is 3.19. The number of benzene rings is 2. The van der Waals surface area contributed by atoms with E-state index in [1.165, 1.54) is 11.1 Å². The summed E-state index contributed by atoms with van der Waals surface area (Å²) >= 11 is 3.17. The zero-order valence-corrected chi connectivity index (χ0v) is 12.1. The Morgan fingerprint density at radius 2 is 1.89 bits per heavy atom. The van der Waals surface area contributed by atoms with Crippen molar-refractivity contribution in [2.75, 3.05) is 5.32 Å². The quantitative estimate of drug-likeness (QED) is 0.855. The summed E-state index contributed by atoms with van der Waals surface area (Å²) in [5.41, 5.74) is 3.71. The van der Waals surface area contributed by atoms with E-state index in [0.29, 0.717) is 10.5 Å². The second-order valence-corrected chi connectivity index (χ2v) is 5.84. The highest BCUT2D eigenvalue weighted by Gasteiger charge is 2.18. The number of hydrogen-bond donors (Lipinski definition) is 1. The van der Waals surface area contributed by atoms with Crippen LogP contribution in [-0.2, 0) is 12.8 Å². The standard InChI is InChI=1S/C16H15BrFN/c17-15-8-7-14(10-16(15)18)19-13-6-5-11-3-1-2-4-12(11)9-13/h1-4,7-8,10,13,19H,5-6,9H2. The molecule has 1 aliphatic carbocycles. The van der Waals surface area contributed by atoms with Crippen molar-refractivity contribution >= 4 is 21.6 Å². The lowest BCUT2D eigenvalue weighted by Crippen LogP contribution is -2.27. The van der Waals surface area contributed by atoms with Gasteiger partial charge in [0.1, 0.15) is 5.82 Å². The summed E-state index contributed by atoms with van der Waals surface area (Å²) in [4.78, 5) is 0. The number of anilines is 1. The fourth-order valence-corrected chi connectivity index (χ4v) is 2.89. The number of rotatable bonds is 2. The average Bonchev–Trinajstić information content (AvgIpc) is 2.43. The lowest BCUT2D eigenvalue weighted by Gasteiger charge is -2.26. The fraction of sp³-hybridized carbons (Fsp3) is 0.250. The Labute approximate surface area is 121 Å². The van der Waals surface area contributed by atoms with Crippen LogP contribution in [0.15, 0.2) is 46.9 Å². The maximum absolute atomic E-state index is 13.5. The van der Waals surface area contributed by atoms with Crippen molar-refractivity contribution in [2.24, 2.45) is 0 Å². The van der Waals surface area contributed by atoms with Crippen LogP contribution in [0.4, 0.5) is 10.1 Å². The Hall–Kier alpha value is -1.35. The Kier molecular flexibility index (Phi) is 3.56. The van der Waals surface area contributed by atoms with Gasteiger partial charge in [-0.05, 0) is 64.5 Å². The normalized spacial score (nSPS) is 17.9. The second kappa shape index (κ2) is 5.33. The van der Waals surface area contributed by atoms with Gasteiger partial charge in [-0.1, -0.05) is 24.3 Å². The van der Waals surface area contributed by atoms with Gasteiger partial charge in [0.2, 0.25) is 0 Å². The van der Waals surface area contributed by atoms with E-state index in [9.17, 15) is 4.39 Å². The van der Waals surface area contributed by atoms with Gasteiger partial charge in [0.25, 0.3) is 0 Å². The van der Waals surface area contributed by atoms with E-state index in [2.05, 4.69) is 45.5 Å². The van der Waals surface area contributed by atoms with E-state index in [-0.39, 0.29) is 5.82 Å². The van der Waals surface area contributed by atoms with Crippen molar-refractivity contribution in [3.63, 3.8) is 0 Å². The van der Waals surface area contributed by atoms with Crippen molar-refractivity contribution in [1.29, 1.82) is 0 Å². The number of aryl methyl sites for hydroxylation is 1. The van der Waals surface area contributed by atoms with Gasteiger partial charge in [-0.15, -0.1) is 0 Å². The minimum atomic E-state index is -0.221. The van der Waals surface area contributed by atoms with E-state index < -0.39 is 0 Å². The molecule has 0 radical (unpaired) electrons. The summed E-state index contributed by atoms with van der Waals surface area (Å²) < 4.78 is 14.0. The topological polar surface area (TPSA) is 12.0 Å². The molecule has 1 N–H and O–H groups in total. The minimum Gasteiger partial charge on any atom is -0.382 e. The SMILES string of the molecule is Fc1cc(NC2CCc3ccccc3C2)ccc1Br. The van der Waals surface area contributed by atoms with Crippen LogP contribution in [0.5, 0.6) is 0 Å². The molecule has 1 atom stereocenters. The minimum absolute atomic E-state index is 0.221. The van der Waals surface area contributed by atoms with Crippen molar-refractivity contribution in [3.05, 3.63) is 63.9 Å². The van der Waals surface area contributed by atoms with Crippen LogP contribution in [0.25, 0.3) is 0 Å². The molecule has 0 bridgehead atoms. The maximum Gasteiger partial charge on any atom is 0.139 e. The maximum atomic E-state index is 13.5. The molecule has 0 saturated carbocycles. The first-order valence-electron chi connectivity index (χ1n) is 6.51. The van der Waals surface area contributed by atoms with Crippen molar-refractivity contribution < 1.29 is 4.39 Å². The van der Waals surface area contributed by atoms with Gasteiger partial charge < -0.3 is 5.32 Å². The highest BCUT2D eigenvalue weighted by molar-refractivity contribution is 9.10. The van der Waals surface area contributed by atoms with Crippen LogP contribution < -0.4 is 5.32 Å². The van der Waals surface area contributed by atoms with Crippen LogP contribution in [0.1, 0.15) is 17.5 Å². The van der Waals surface area contributed by atoms with Crippen LogP contribution in [0.3, 0.4) is 0 Å². The monoisotopic (exact) mass is 319 g/mol. The Balaban J connectivity index is 1.73. The van der Waals surface area contributed by atoms with Crippen molar-refractivity contribution in [1.82, 2.24) is 0 Å². The number of hydrogen-bond acceptors (Lipinski definition) is 1. The molecule has 19 heavy (non-hydrogen) atoms. The van der Waals surface area contributed by atoms with Crippen LogP contribution in [0, 0.1) is 5.82 Å². The molecule has 1 aliphatic rings. The molecule has 3 heteroatoms. The van der Waals surface area contributed by atoms with Crippen molar-refractivity contribution in [3.8, 4) is 0 Å². The van der Waals surface area contributed by atoms with Gasteiger partial charge >= 0.3 is 0 Å².